The summed E-state index contributed by atoms with van der Waals surface area (Å²) in [6, 6.07) is 4.10. The highest BCUT2D eigenvalue weighted by Crippen LogP contribution is 2.34. The maximum atomic E-state index is 12.2. The lowest BCUT2D eigenvalue weighted by Gasteiger charge is -2.32. The number of fused-ring (bicyclic) bond motifs is 1. The van der Waals surface area contributed by atoms with Gasteiger partial charge in [-0.3, -0.25) is 10.4 Å². The zero-order valence-electron chi connectivity index (χ0n) is 14.9. The molecule has 0 amide bonds. The number of nitrogens with zero attached hydrogens (tertiary/aromatic N) is 2. The van der Waals surface area contributed by atoms with Crippen LogP contribution >= 0.6 is 0 Å². The molecule has 0 spiro atoms. The number of rotatable bonds is 4. The van der Waals surface area contributed by atoms with Crippen LogP contribution in [0.25, 0.3) is 0 Å². The van der Waals surface area contributed by atoms with E-state index < -0.39 is 35.5 Å². The Morgan fingerprint density at radius 3 is 2.54 bits per heavy atom. The van der Waals surface area contributed by atoms with E-state index in [9.17, 15) is 21.9 Å². The highest BCUT2D eigenvalue weighted by atomic mass is 32.2. The lowest BCUT2D eigenvalue weighted by atomic mass is 10.0. The summed E-state index contributed by atoms with van der Waals surface area (Å²) in [5.74, 6) is -0.630. The van der Waals surface area contributed by atoms with E-state index in [1.54, 1.807) is 11.0 Å². The van der Waals surface area contributed by atoms with Gasteiger partial charge in [-0.05, 0) is 23.8 Å². The maximum Gasteiger partial charge on any atom is 0.240 e. The quantitative estimate of drug-likeness (QED) is 0.380. The number of nitrogens with one attached hydrogen (secondary N) is 1. The molecule has 2 aromatic rings. The Hall–Kier alpha value is -2.70. The number of pyridine rings is 1. The van der Waals surface area contributed by atoms with Crippen molar-refractivity contribution in [3.8, 4) is 5.75 Å². The zero-order valence-corrected chi connectivity index (χ0v) is 16.5. The standard InChI is InChI=1S/C16H19N5O5S2/c1-27(23,24)13-3-2-12(14(16(17)18)15(13)28(19,25)26)21-5-4-11-9(8-21)6-10(22)7-20-11/h2-3,6-7,22H,4-5,8H2,1H3,(H3,17,18)(H2,19,25,26). The number of nitrogen functional groups attached to an aromatic ring is 1. The molecule has 0 fully saturated rings. The van der Waals surface area contributed by atoms with Crippen LogP contribution in [0.5, 0.6) is 5.75 Å². The third-order valence-electron chi connectivity index (χ3n) is 4.42. The number of aromatic nitrogens is 1. The van der Waals surface area contributed by atoms with Gasteiger partial charge < -0.3 is 15.7 Å². The minimum atomic E-state index is -4.50. The molecule has 1 aliphatic rings. The van der Waals surface area contributed by atoms with Gasteiger partial charge in [-0.2, -0.15) is 0 Å². The fraction of sp³-hybridized carbons (Fsp3) is 0.250. The molecule has 1 aromatic heterocycles. The van der Waals surface area contributed by atoms with Crippen LogP contribution in [0.4, 0.5) is 5.69 Å². The van der Waals surface area contributed by atoms with Crippen LogP contribution in [0.3, 0.4) is 0 Å². The fourth-order valence-electron chi connectivity index (χ4n) is 3.27. The molecule has 28 heavy (non-hydrogen) atoms. The second kappa shape index (κ2) is 6.72. The number of benzene rings is 1. The Bertz CT molecular complexity index is 1190. The minimum Gasteiger partial charge on any atom is -0.506 e. The molecule has 0 aliphatic carbocycles. The first-order valence-corrected chi connectivity index (χ1v) is 11.5. The average molecular weight is 425 g/mol. The highest BCUT2D eigenvalue weighted by Gasteiger charge is 2.31. The molecule has 0 saturated carbocycles. The van der Waals surface area contributed by atoms with E-state index in [1.165, 1.54) is 12.3 Å². The number of amidine groups is 1. The van der Waals surface area contributed by atoms with E-state index in [4.69, 9.17) is 16.3 Å². The van der Waals surface area contributed by atoms with Gasteiger partial charge in [0.1, 0.15) is 16.5 Å². The predicted octanol–water partition coefficient (Wildman–Crippen LogP) is -0.315. The second-order valence-corrected chi connectivity index (χ2v) is 9.97. The van der Waals surface area contributed by atoms with Crippen molar-refractivity contribution in [3.05, 3.63) is 41.2 Å². The Balaban J connectivity index is 2.24. The van der Waals surface area contributed by atoms with E-state index in [1.807, 2.05) is 0 Å². The van der Waals surface area contributed by atoms with E-state index in [0.29, 0.717) is 13.0 Å². The monoisotopic (exact) mass is 425 g/mol. The molecule has 0 unspecified atom stereocenters. The lowest BCUT2D eigenvalue weighted by Crippen LogP contribution is -2.34. The zero-order chi connectivity index (χ0) is 20.9. The van der Waals surface area contributed by atoms with Crippen molar-refractivity contribution in [1.29, 1.82) is 5.41 Å². The molecule has 1 aromatic carbocycles. The molecule has 3 rings (SSSR count). The summed E-state index contributed by atoms with van der Waals surface area (Å²) in [6.45, 7) is 0.687. The molecular formula is C16H19N5O5S2. The van der Waals surface area contributed by atoms with E-state index >= 15 is 0 Å². The van der Waals surface area contributed by atoms with E-state index in [2.05, 4.69) is 4.98 Å². The maximum absolute atomic E-state index is 12.2. The highest BCUT2D eigenvalue weighted by molar-refractivity contribution is 7.93. The van der Waals surface area contributed by atoms with Crippen LogP contribution in [0.15, 0.2) is 34.2 Å². The molecule has 10 nitrogen and oxygen atoms in total. The Morgan fingerprint density at radius 2 is 1.96 bits per heavy atom. The van der Waals surface area contributed by atoms with Crippen molar-refractivity contribution in [2.45, 2.75) is 22.8 Å². The van der Waals surface area contributed by atoms with Crippen LogP contribution in [-0.4, -0.2) is 45.6 Å². The van der Waals surface area contributed by atoms with E-state index in [0.717, 1.165) is 23.6 Å². The predicted molar refractivity (Wildman–Crippen MR) is 103 cm³/mol. The molecule has 0 atom stereocenters. The van der Waals surface area contributed by atoms with Crippen molar-refractivity contribution >= 4 is 31.4 Å². The van der Waals surface area contributed by atoms with Gasteiger partial charge >= 0.3 is 0 Å². The van der Waals surface area contributed by atoms with Gasteiger partial charge in [0, 0.05) is 37.1 Å². The lowest BCUT2D eigenvalue weighted by molar-refractivity contribution is 0.470. The number of aromatic hydroxyl groups is 1. The molecule has 0 radical (unpaired) electrons. The molecule has 6 N–H and O–H groups in total. The minimum absolute atomic E-state index is 0.00922. The SMILES string of the molecule is CS(=O)(=O)c1ccc(N2CCc3ncc(O)cc3C2)c(C(=N)N)c1S(N)(=O)=O. The Kier molecular flexibility index (Phi) is 4.81. The fourth-order valence-corrected chi connectivity index (χ4v) is 5.67. The first-order chi connectivity index (χ1) is 12.9. The third kappa shape index (κ3) is 3.66. The van der Waals surface area contributed by atoms with Crippen LogP contribution < -0.4 is 15.8 Å². The molecule has 150 valence electrons. The number of sulfonamides is 1. The number of sulfone groups is 1. The van der Waals surface area contributed by atoms with Gasteiger partial charge in [0.15, 0.2) is 9.84 Å². The Morgan fingerprint density at radius 1 is 1.29 bits per heavy atom. The summed E-state index contributed by atoms with van der Waals surface area (Å²) < 4.78 is 48.6. The molecule has 1 aliphatic heterocycles. The first kappa shape index (κ1) is 20.0. The van der Waals surface area contributed by atoms with Crippen molar-refractivity contribution in [2.24, 2.45) is 10.9 Å². The molecule has 2 heterocycles. The normalized spacial score (nSPS) is 14.6. The number of primary sulfonamides is 1. The number of nitrogens with two attached hydrogens (primary N) is 2. The van der Waals surface area contributed by atoms with Crippen LogP contribution in [0, 0.1) is 5.41 Å². The largest absolute Gasteiger partial charge is 0.506 e. The van der Waals surface area contributed by atoms with Crippen LogP contribution in [0.1, 0.15) is 16.8 Å². The van der Waals surface area contributed by atoms with E-state index in [-0.39, 0.29) is 23.5 Å². The molecule has 0 saturated heterocycles. The molecule has 12 heteroatoms. The third-order valence-corrected chi connectivity index (χ3v) is 6.68. The second-order valence-electron chi connectivity index (χ2n) is 6.49. The van der Waals surface area contributed by atoms with Crippen molar-refractivity contribution < 1.29 is 21.9 Å². The summed E-state index contributed by atoms with van der Waals surface area (Å²) in [5, 5.41) is 22.8. The molecule has 0 bridgehead atoms. The molecular weight excluding hydrogens is 406 g/mol. The average Bonchev–Trinajstić information content (AvgIpc) is 2.58. The summed E-state index contributed by atoms with van der Waals surface area (Å²) in [7, 11) is -8.45. The van der Waals surface area contributed by atoms with Gasteiger partial charge in [-0.1, -0.05) is 0 Å². The van der Waals surface area contributed by atoms with Gasteiger partial charge in [0.05, 0.1) is 16.7 Å². The number of anilines is 1. The number of hydrogen-bond acceptors (Lipinski definition) is 8. The summed E-state index contributed by atoms with van der Waals surface area (Å²) in [6.07, 6.45) is 2.70. The first-order valence-electron chi connectivity index (χ1n) is 8.05. The van der Waals surface area contributed by atoms with Crippen molar-refractivity contribution in [2.75, 3.05) is 17.7 Å². The van der Waals surface area contributed by atoms with Crippen LogP contribution in [0.2, 0.25) is 0 Å². The van der Waals surface area contributed by atoms with Gasteiger partial charge in [0.2, 0.25) is 10.0 Å². The van der Waals surface area contributed by atoms with Crippen molar-refractivity contribution in [3.63, 3.8) is 0 Å². The summed E-state index contributed by atoms with van der Waals surface area (Å²) >= 11 is 0. The Labute approximate surface area is 162 Å². The van der Waals surface area contributed by atoms with Gasteiger partial charge in [-0.15, -0.1) is 0 Å². The smallest absolute Gasteiger partial charge is 0.240 e. The topological polar surface area (TPSA) is 181 Å². The summed E-state index contributed by atoms with van der Waals surface area (Å²) in [4.78, 5) is 4.70. The van der Waals surface area contributed by atoms with Crippen molar-refractivity contribution in [1.82, 2.24) is 4.98 Å². The number of hydrogen-bond donors (Lipinski definition) is 4. The van der Waals surface area contributed by atoms with Crippen LogP contribution in [-0.2, 0) is 32.8 Å². The summed E-state index contributed by atoms with van der Waals surface area (Å²) in [5.41, 5.74) is 7.16. The van der Waals surface area contributed by atoms with Gasteiger partial charge in [-0.25, -0.2) is 22.0 Å². The van der Waals surface area contributed by atoms with Gasteiger partial charge in [0.25, 0.3) is 0 Å².